The van der Waals surface area contributed by atoms with E-state index in [1.165, 1.54) is 13.2 Å². The predicted molar refractivity (Wildman–Crippen MR) is 121 cm³/mol. The smallest absolute Gasteiger partial charge is 0.330 e. The predicted octanol–water partition coefficient (Wildman–Crippen LogP) is 2.68. The lowest BCUT2D eigenvalue weighted by Gasteiger charge is -2.22. The molecule has 2 aromatic carbocycles. The second-order valence-corrected chi connectivity index (χ2v) is 7.43. The molecule has 1 aliphatic rings. The monoisotopic (exact) mass is 451 g/mol. The van der Waals surface area contributed by atoms with Crippen LogP contribution in [0.25, 0.3) is 6.08 Å². The van der Waals surface area contributed by atoms with Crippen LogP contribution in [0.5, 0.6) is 5.75 Å². The van der Waals surface area contributed by atoms with Gasteiger partial charge in [-0.1, -0.05) is 24.3 Å². The van der Waals surface area contributed by atoms with Gasteiger partial charge in [0, 0.05) is 11.8 Å². The molecule has 0 saturated carbocycles. The molecule has 9 heteroatoms. The van der Waals surface area contributed by atoms with Gasteiger partial charge in [0.05, 0.1) is 13.7 Å². The van der Waals surface area contributed by atoms with Crippen LogP contribution in [-0.2, 0) is 24.7 Å². The summed E-state index contributed by atoms with van der Waals surface area (Å²) in [7, 11) is 1.54. The van der Waals surface area contributed by atoms with Crippen LogP contribution in [0.1, 0.15) is 25.0 Å². The van der Waals surface area contributed by atoms with Gasteiger partial charge in [-0.3, -0.25) is 14.5 Å². The summed E-state index contributed by atoms with van der Waals surface area (Å²) < 4.78 is 9.94. The molecular formula is C24H25N3O6. The number of amides is 4. The molecule has 1 atom stereocenters. The van der Waals surface area contributed by atoms with Crippen molar-refractivity contribution in [3.05, 3.63) is 65.7 Å². The first-order valence-corrected chi connectivity index (χ1v) is 10.3. The summed E-state index contributed by atoms with van der Waals surface area (Å²) in [6.45, 7) is 3.18. The van der Waals surface area contributed by atoms with E-state index in [2.05, 4.69) is 10.6 Å². The zero-order valence-corrected chi connectivity index (χ0v) is 18.6. The minimum atomic E-state index is -1.28. The Hall–Kier alpha value is -4.14. The fourth-order valence-electron chi connectivity index (χ4n) is 3.34. The molecule has 3 rings (SSSR count). The molecule has 1 saturated heterocycles. The Balaban J connectivity index is 1.62. The fraction of sp³-hybridized carbons (Fsp3) is 0.250. The number of benzene rings is 2. The molecule has 1 unspecified atom stereocenters. The second kappa shape index (κ2) is 9.99. The van der Waals surface area contributed by atoms with Crippen molar-refractivity contribution in [1.82, 2.24) is 10.2 Å². The van der Waals surface area contributed by atoms with Gasteiger partial charge in [-0.05, 0) is 55.3 Å². The van der Waals surface area contributed by atoms with Gasteiger partial charge in [0.2, 0.25) is 5.91 Å². The van der Waals surface area contributed by atoms with Crippen LogP contribution < -0.4 is 15.4 Å². The molecule has 0 spiro atoms. The van der Waals surface area contributed by atoms with E-state index < -0.39 is 35.9 Å². The van der Waals surface area contributed by atoms with Crippen LogP contribution in [0, 0.1) is 0 Å². The molecule has 0 radical (unpaired) electrons. The highest BCUT2D eigenvalue weighted by Crippen LogP contribution is 2.30. The van der Waals surface area contributed by atoms with E-state index in [1.807, 2.05) is 0 Å². The quantitative estimate of drug-likeness (QED) is 0.362. The molecule has 9 nitrogen and oxygen atoms in total. The zero-order chi connectivity index (χ0) is 24.0. The SMILES string of the molecule is CCOC(=O)/C=C/c1ccc(NC(=O)CN2C(=O)NC(C)(c3ccc(OC)cc3)C2=O)cc1. The van der Waals surface area contributed by atoms with E-state index >= 15 is 0 Å². The number of ether oxygens (including phenoxy) is 2. The van der Waals surface area contributed by atoms with Crippen LogP contribution in [0.4, 0.5) is 10.5 Å². The third-order valence-corrected chi connectivity index (χ3v) is 5.14. The molecule has 2 N–H and O–H groups in total. The number of nitrogens with zero attached hydrogens (tertiary/aromatic N) is 1. The standard InChI is InChI=1S/C24H25N3O6/c1-4-33-21(29)14-7-16-5-10-18(11-6-16)25-20(28)15-27-22(30)24(2,26-23(27)31)17-8-12-19(32-3)13-9-17/h5-14H,4,15H2,1-3H3,(H,25,28)(H,26,31)/b14-7+. The molecule has 0 bridgehead atoms. The highest BCUT2D eigenvalue weighted by atomic mass is 16.5. The van der Waals surface area contributed by atoms with Crippen LogP contribution in [-0.4, -0.2) is 49.0 Å². The van der Waals surface area contributed by atoms with Gasteiger partial charge < -0.3 is 20.1 Å². The highest BCUT2D eigenvalue weighted by Gasteiger charge is 2.49. The molecule has 2 aromatic rings. The largest absolute Gasteiger partial charge is 0.497 e. The number of rotatable bonds is 8. The van der Waals surface area contributed by atoms with Crippen molar-refractivity contribution in [1.29, 1.82) is 0 Å². The van der Waals surface area contributed by atoms with Gasteiger partial charge >= 0.3 is 12.0 Å². The molecule has 1 fully saturated rings. The zero-order valence-electron chi connectivity index (χ0n) is 18.6. The Morgan fingerprint density at radius 2 is 1.76 bits per heavy atom. The summed E-state index contributed by atoms with van der Waals surface area (Å²) in [5.41, 5.74) is 0.524. The average Bonchev–Trinajstić information content (AvgIpc) is 3.02. The molecular weight excluding hydrogens is 426 g/mol. The van der Waals surface area contributed by atoms with Crippen molar-refractivity contribution < 1.29 is 28.7 Å². The Kier molecular flexibility index (Phi) is 7.12. The molecule has 172 valence electrons. The van der Waals surface area contributed by atoms with Crippen LogP contribution in [0.15, 0.2) is 54.6 Å². The van der Waals surface area contributed by atoms with E-state index in [-0.39, 0.29) is 0 Å². The lowest BCUT2D eigenvalue weighted by molar-refractivity contribution is -0.137. The third kappa shape index (κ3) is 5.38. The normalized spacial score (nSPS) is 17.7. The number of urea groups is 1. The first-order valence-electron chi connectivity index (χ1n) is 10.3. The van der Waals surface area contributed by atoms with Crippen molar-refractivity contribution in [2.45, 2.75) is 19.4 Å². The third-order valence-electron chi connectivity index (χ3n) is 5.14. The number of methoxy groups -OCH3 is 1. The van der Waals surface area contributed by atoms with Crippen molar-refractivity contribution in [2.75, 3.05) is 25.6 Å². The lowest BCUT2D eigenvalue weighted by Crippen LogP contribution is -2.42. The first kappa shape index (κ1) is 23.5. The van der Waals surface area contributed by atoms with Gasteiger partial charge in [0.1, 0.15) is 17.8 Å². The number of hydrogen-bond acceptors (Lipinski definition) is 6. The molecule has 0 aliphatic carbocycles. The second-order valence-electron chi connectivity index (χ2n) is 7.43. The number of esters is 1. The summed E-state index contributed by atoms with van der Waals surface area (Å²) in [4.78, 5) is 50.2. The van der Waals surface area contributed by atoms with Crippen molar-refractivity contribution in [2.24, 2.45) is 0 Å². The van der Waals surface area contributed by atoms with E-state index in [1.54, 1.807) is 68.5 Å². The summed E-state index contributed by atoms with van der Waals surface area (Å²) in [6.07, 6.45) is 2.91. The van der Waals surface area contributed by atoms with E-state index in [9.17, 15) is 19.2 Å². The summed E-state index contributed by atoms with van der Waals surface area (Å²) in [5.74, 6) is -0.859. The van der Waals surface area contributed by atoms with Crippen molar-refractivity contribution >= 4 is 35.6 Å². The van der Waals surface area contributed by atoms with Crippen LogP contribution in [0.3, 0.4) is 0 Å². The fourth-order valence-corrected chi connectivity index (χ4v) is 3.34. The van der Waals surface area contributed by atoms with Gasteiger partial charge in [0.25, 0.3) is 5.91 Å². The first-order chi connectivity index (χ1) is 15.8. The number of anilines is 1. The number of carbonyl (C=O) groups is 4. The number of hydrogen-bond donors (Lipinski definition) is 2. The summed E-state index contributed by atoms with van der Waals surface area (Å²) >= 11 is 0. The topological polar surface area (TPSA) is 114 Å². The summed E-state index contributed by atoms with van der Waals surface area (Å²) in [5, 5.41) is 5.32. The van der Waals surface area contributed by atoms with Gasteiger partial charge in [-0.2, -0.15) is 0 Å². The van der Waals surface area contributed by atoms with Gasteiger partial charge in [-0.15, -0.1) is 0 Å². The number of imide groups is 1. The lowest BCUT2D eigenvalue weighted by atomic mass is 9.92. The minimum Gasteiger partial charge on any atom is -0.497 e. The molecule has 1 aliphatic heterocycles. The van der Waals surface area contributed by atoms with Crippen LogP contribution >= 0.6 is 0 Å². The molecule has 4 amide bonds. The molecule has 0 aromatic heterocycles. The Labute approximate surface area is 191 Å². The maximum atomic E-state index is 13.0. The summed E-state index contributed by atoms with van der Waals surface area (Å²) in [6, 6.07) is 12.8. The van der Waals surface area contributed by atoms with E-state index in [4.69, 9.17) is 9.47 Å². The van der Waals surface area contributed by atoms with E-state index in [0.717, 1.165) is 10.5 Å². The van der Waals surface area contributed by atoms with Crippen LogP contribution in [0.2, 0.25) is 0 Å². The molecule has 1 heterocycles. The molecule has 33 heavy (non-hydrogen) atoms. The van der Waals surface area contributed by atoms with Crippen molar-refractivity contribution in [3.63, 3.8) is 0 Å². The number of nitrogens with one attached hydrogen (secondary N) is 2. The van der Waals surface area contributed by atoms with E-state index in [0.29, 0.717) is 23.6 Å². The average molecular weight is 451 g/mol. The minimum absolute atomic E-state index is 0.297. The van der Waals surface area contributed by atoms with Gasteiger partial charge in [-0.25, -0.2) is 9.59 Å². The maximum Gasteiger partial charge on any atom is 0.330 e. The Morgan fingerprint density at radius 1 is 1.09 bits per heavy atom. The van der Waals surface area contributed by atoms with Crippen molar-refractivity contribution in [3.8, 4) is 5.75 Å². The Morgan fingerprint density at radius 3 is 2.36 bits per heavy atom. The Bertz CT molecular complexity index is 1080. The highest BCUT2D eigenvalue weighted by molar-refractivity contribution is 6.10. The maximum absolute atomic E-state index is 13.0. The van der Waals surface area contributed by atoms with Gasteiger partial charge in [0.15, 0.2) is 0 Å². The number of carbonyl (C=O) groups excluding carboxylic acids is 4.